The molecule has 33 heavy (non-hydrogen) atoms. The molecule has 2 heterocycles. The highest BCUT2D eigenvalue weighted by Crippen LogP contribution is 2.37. The van der Waals surface area contributed by atoms with Gasteiger partial charge in [-0.15, -0.1) is 0 Å². The topological polar surface area (TPSA) is 89.7 Å². The van der Waals surface area contributed by atoms with Gasteiger partial charge in [-0.05, 0) is 69.7 Å². The number of hydrogen-bond acceptors (Lipinski definition) is 6. The van der Waals surface area contributed by atoms with E-state index < -0.39 is 6.04 Å². The molecule has 0 fully saturated rings. The summed E-state index contributed by atoms with van der Waals surface area (Å²) in [6, 6.07) is 14.6. The Morgan fingerprint density at radius 2 is 1.58 bits per heavy atom. The van der Waals surface area contributed by atoms with E-state index in [4.69, 9.17) is 14.0 Å². The van der Waals surface area contributed by atoms with Crippen LogP contribution >= 0.6 is 0 Å². The fourth-order valence-electron chi connectivity index (χ4n) is 3.93. The first-order chi connectivity index (χ1) is 16.0. The molecule has 8 nitrogen and oxygen atoms in total. The smallest absolute Gasteiger partial charge is 0.322 e. The van der Waals surface area contributed by atoms with Crippen molar-refractivity contribution >= 4 is 11.6 Å². The first kappa shape index (κ1) is 22.4. The number of allylic oxidation sites excluding steroid dienone is 1. The van der Waals surface area contributed by atoms with Crippen molar-refractivity contribution in [3.63, 3.8) is 0 Å². The molecular formula is C25H28N4O4. The lowest BCUT2D eigenvalue weighted by molar-refractivity contribution is 0.207. The van der Waals surface area contributed by atoms with Crippen LogP contribution in [0.2, 0.25) is 0 Å². The summed E-state index contributed by atoms with van der Waals surface area (Å²) in [5.74, 6) is 2.40. The van der Waals surface area contributed by atoms with E-state index in [9.17, 15) is 4.79 Å². The SMILES string of the molecule is CCOc1ccc(-c2noc(C3=C(C)N(CC)C(=O)NC3c3ccc(OCC)cc3)n2)cc1. The summed E-state index contributed by atoms with van der Waals surface area (Å²) < 4.78 is 16.8. The molecular weight excluding hydrogens is 420 g/mol. The van der Waals surface area contributed by atoms with E-state index in [1.54, 1.807) is 4.90 Å². The number of benzene rings is 2. The maximum atomic E-state index is 12.8. The third-order valence-electron chi connectivity index (χ3n) is 5.52. The molecule has 1 unspecified atom stereocenters. The Bertz CT molecular complexity index is 1140. The largest absolute Gasteiger partial charge is 0.494 e. The van der Waals surface area contributed by atoms with Gasteiger partial charge in [0.15, 0.2) is 0 Å². The van der Waals surface area contributed by atoms with Crippen LogP contribution in [0.15, 0.2) is 58.8 Å². The van der Waals surface area contributed by atoms with Crippen molar-refractivity contribution in [2.45, 2.75) is 33.7 Å². The van der Waals surface area contributed by atoms with Crippen molar-refractivity contribution in [3.05, 3.63) is 65.7 Å². The zero-order chi connectivity index (χ0) is 23.4. The Morgan fingerprint density at radius 3 is 2.15 bits per heavy atom. The summed E-state index contributed by atoms with van der Waals surface area (Å²) in [7, 11) is 0. The highest BCUT2D eigenvalue weighted by molar-refractivity contribution is 5.86. The van der Waals surface area contributed by atoms with Crippen LogP contribution < -0.4 is 14.8 Å². The second kappa shape index (κ2) is 9.77. The molecule has 0 saturated carbocycles. The zero-order valence-corrected chi connectivity index (χ0v) is 19.3. The molecule has 8 heteroatoms. The minimum atomic E-state index is -0.426. The predicted octanol–water partition coefficient (Wildman–Crippen LogP) is 5.05. The number of carbonyl (C=O) groups is 1. The summed E-state index contributed by atoms with van der Waals surface area (Å²) in [4.78, 5) is 19.1. The number of rotatable bonds is 8. The van der Waals surface area contributed by atoms with Crippen molar-refractivity contribution in [2.24, 2.45) is 0 Å². The van der Waals surface area contributed by atoms with E-state index in [0.717, 1.165) is 33.9 Å². The standard InChI is InChI=1S/C25H28N4O4/c1-5-29-16(4)21(22(26-25(29)30)17-8-12-19(13-9-17)31-6-2)24-27-23(28-33-24)18-10-14-20(15-11-18)32-7-3/h8-15,22H,5-7H2,1-4H3,(H,26,30). The second-order valence-corrected chi connectivity index (χ2v) is 7.51. The Labute approximate surface area is 193 Å². The first-order valence-corrected chi connectivity index (χ1v) is 11.1. The average molecular weight is 449 g/mol. The lowest BCUT2D eigenvalue weighted by atomic mass is 9.94. The van der Waals surface area contributed by atoms with Crippen LogP contribution in [0.4, 0.5) is 4.79 Å². The Hall–Kier alpha value is -3.81. The molecule has 1 aliphatic heterocycles. The zero-order valence-electron chi connectivity index (χ0n) is 19.3. The fourth-order valence-corrected chi connectivity index (χ4v) is 3.93. The first-order valence-electron chi connectivity index (χ1n) is 11.1. The van der Waals surface area contributed by atoms with E-state index >= 15 is 0 Å². The van der Waals surface area contributed by atoms with Gasteiger partial charge in [0.25, 0.3) is 5.89 Å². The second-order valence-electron chi connectivity index (χ2n) is 7.51. The third-order valence-corrected chi connectivity index (χ3v) is 5.52. The van der Waals surface area contributed by atoms with Gasteiger partial charge in [-0.25, -0.2) is 4.79 Å². The van der Waals surface area contributed by atoms with Gasteiger partial charge in [-0.3, -0.25) is 4.90 Å². The van der Waals surface area contributed by atoms with Crippen molar-refractivity contribution in [2.75, 3.05) is 19.8 Å². The summed E-state index contributed by atoms with van der Waals surface area (Å²) >= 11 is 0. The molecule has 2 aromatic carbocycles. The lowest BCUT2D eigenvalue weighted by Gasteiger charge is -2.34. The van der Waals surface area contributed by atoms with E-state index in [1.165, 1.54) is 0 Å². The summed E-state index contributed by atoms with van der Waals surface area (Å²) in [6.07, 6.45) is 0. The molecule has 0 radical (unpaired) electrons. The van der Waals surface area contributed by atoms with Gasteiger partial charge in [0.2, 0.25) is 5.82 Å². The van der Waals surface area contributed by atoms with Crippen molar-refractivity contribution in [1.82, 2.24) is 20.4 Å². The number of aromatic nitrogens is 2. The molecule has 2 amide bonds. The van der Waals surface area contributed by atoms with Gasteiger partial charge in [0, 0.05) is 17.8 Å². The van der Waals surface area contributed by atoms with E-state index in [-0.39, 0.29) is 6.03 Å². The molecule has 0 aliphatic carbocycles. The molecule has 0 saturated heterocycles. The van der Waals surface area contributed by atoms with Gasteiger partial charge < -0.3 is 19.3 Å². The van der Waals surface area contributed by atoms with Crippen LogP contribution in [0, 0.1) is 0 Å². The molecule has 1 atom stereocenters. The summed E-state index contributed by atoms with van der Waals surface area (Å²) in [5, 5.41) is 7.27. The van der Waals surface area contributed by atoms with E-state index in [1.807, 2.05) is 76.2 Å². The van der Waals surface area contributed by atoms with Crippen molar-refractivity contribution in [3.8, 4) is 22.9 Å². The predicted molar refractivity (Wildman–Crippen MR) is 125 cm³/mol. The number of hydrogen-bond donors (Lipinski definition) is 1. The minimum Gasteiger partial charge on any atom is -0.494 e. The highest BCUT2D eigenvalue weighted by atomic mass is 16.5. The molecule has 172 valence electrons. The maximum absolute atomic E-state index is 12.8. The molecule has 0 bridgehead atoms. The molecule has 1 aliphatic rings. The van der Waals surface area contributed by atoms with Gasteiger partial charge >= 0.3 is 6.03 Å². The normalized spacial score (nSPS) is 16.1. The van der Waals surface area contributed by atoms with Gasteiger partial charge in [-0.2, -0.15) is 4.98 Å². The summed E-state index contributed by atoms with van der Waals surface area (Å²) in [5.41, 5.74) is 3.27. The number of carbonyl (C=O) groups excluding carboxylic acids is 1. The Kier molecular flexibility index (Phi) is 6.63. The van der Waals surface area contributed by atoms with Crippen LogP contribution in [0.1, 0.15) is 45.2 Å². The Balaban J connectivity index is 1.71. The number of ether oxygens (including phenoxy) is 2. The van der Waals surface area contributed by atoms with Gasteiger partial charge in [-0.1, -0.05) is 17.3 Å². The quantitative estimate of drug-likeness (QED) is 0.519. The van der Waals surface area contributed by atoms with Crippen LogP contribution in [0.5, 0.6) is 11.5 Å². The van der Waals surface area contributed by atoms with Crippen LogP contribution in [-0.4, -0.2) is 40.8 Å². The monoisotopic (exact) mass is 448 g/mol. The Morgan fingerprint density at radius 1 is 0.970 bits per heavy atom. The molecule has 3 aromatic rings. The van der Waals surface area contributed by atoms with E-state index in [0.29, 0.717) is 31.5 Å². The highest BCUT2D eigenvalue weighted by Gasteiger charge is 2.35. The number of nitrogens with zero attached hydrogens (tertiary/aromatic N) is 3. The maximum Gasteiger partial charge on any atom is 0.322 e. The fraction of sp³-hybridized carbons (Fsp3) is 0.320. The van der Waals surface area contributed by atoms with Crippen LogP contribution in [-0.2, 0) is 0 Å². The van der Waals surface area contributed by atoms with Gasteiger partial charge in [0.05, 0.1) is 24.8 Å². The van der Waals surface area contributed by atoms with Crippen molar-refractivity contribution < 1.29 is 18.8 Å². The molecule has 1 N–H and O–H groups in total. The van der Waals surface area contributed by atoms with Crippen LogP contribution in [0.3, 0.4) is 0 Å². The lowest BCUT2D eigenvalue weighted by Crippen LogP contribution is -2.45. The average Bonchev–Trinajstić information content (AvgIpc) is 3.30. The minimum absolute atomic E-state index is 0.163. The number of nitrogens with one attached hydrogen (secondary N) is 1. The van der Waals surface area contributed by atoms with Crippen LogP contribution in [0.25, 0.3) is 17.0 Å². The molecule has 4 rings (SSSR count). The van der Waals surface area contributed by atoms with E-state index in [2.05, 4.69) is 15.5 Å². The molecule has 0 spiro atoms. The number of urea groups is 1. The summed E-state index contributed by atoms with van der Waals surface area (Å²) in [6.45, 7) is 9.43. The van der Waals surface area contributed by atoms with Crippen molar-refractivity contribution in [1.29, 1.82) is 0 Å². The molecule has 1 aromatic heterocycles. The number of amides is 2. The van der Waals surface area contributed by atoms with Gasteiger partial charge in [0.1, 0.15) is 11.5 Å². The third kappa shape index (κ3) is 4.55.